The molecule has 0 saturated heterocycles. The molecule has 0 aliphatic rings. The first kappa shape index (κ1) is 21.8. The topological polar surface area (TPSA) is 121 Å². The molecule has 0 bridgehead atoms. The van der Waals surface area contributed by atoms with Gasteiger partial charge in [0.1, 0.15) is 5.82 Å². The van der Waals surface area contributed by atoms with E-state index in [-0.39, 0.29) is 29.4 Å². The zero-order chi connectivity index (χ0) is 23.4. The highest BCUT2D eigenvalue weighted by Crippen LogP contribution is 2.22. The van der Waals surface area contributed by atoms with Crippen molar-refractivity contribution in [2.24, 2.45) is 5.73 Å². The highest BCUT2D eigenvalue weighted by molar-refractivity contribution is 6.08. The van der Waals surface area contributed by atoms with Gasteiger partial charge in [-0.3, -0.25) is 10.1 Å². The van der Waals surface area contributed by atoms with Gasteiger partial charge in [-0.15, -0.1) is 0 Å². The first-order chi connectivity index (χ1) is 15.9. The summed E-state index contributed by atoms with van der Waals surface area (Å²) >= 11 is 0. The van der Waals surface area contributed by atoms with Gasteiger partial charge in [0.15, 0.2) is 0 Å². The predicted molar refractivity (Wildman–Crippen MR) is 124 cm³/mol. The molecule has 3 aromatic carbocycles. The second-order valence-corrected chi connectivity index (χ2v) is 7.46. The van der Waals surface area contributed by atoms with Crippen LogP contribution in [0.1, 0.15) is 27.9 Å². The molecule has 0 unspecified atom stereocenters. The summed E-state index contributed by atoms with van der Waals surface area (Å²) in [6.45, 7) is 0. The van der Waals surface area contributed by atoms with E-state index in [1.54, 1.807) is 24.3 Å². The Bertz CT molecular complexity index is 1310. The van der Waals surface area contributed by atoms with E-state index < -0.39 is 11.9 Å². The average molecular weight is 444 g/mol. The lowest BCUT2D eigenvalue weighted by atomic mass is 9.98. The SMILES string of the molecule is N/C(=C(/CCc1ccc(F)cc1)C(=O)Nc1nc2ccccc2[nH]1)c1ccc(C(=O)O)cc1. The number of para-hydroxylation sites is 2. The van der Waals surface area contributed by atoms with Crippen molar-refractivity contribution < 1.29 is 19.1 Å². The number of carboxylic acid groups (broad SMARTS) is 1. The number of nitrogens with one attached hydrogen (secondary N) is 2. The van der Waals surface area contributed by atoms with Crippen LogP contribution in [0.3, 0.4) is 0 Å². The molecule has 1 aromatic heterocycles. The molecule has 4 rings (SSSR count). The van der Waals surface area contributed by atoms with Crippen molar-refractivity contribution in [3.63, 3.8) is 0 Å². The number of carbonyl (C=O) groups excluding carboxylic acids is 1. The molecule has 166 valence electrons. The Labute approximate surface area is 188 Å². The maximum Gasteiger partial charge on any atom is 0.335 e. The molecule has 1 heterocycles. The van der Waals surface area contributed by atoms with Crippen LogP contribution in [-0.2, 0) is 11.2 Å². The first-order valence-corrected chi connectivity index (χ1v) is 10.2. The molecule has 1 amide bonds. The number of H-pyrrole nitrogens is 1. The number of carbonyl (C=O) groups is 2. The van der Waals surface area contributed by atoms with Gasteiger partial charge in [0.05, 0.1) is 16.6 Å². The lowest BCUT2D eigenvalue weighted by Crippen LogP contribution is -2.20. The minimum absolute atomic E-state index is 0.117. The van der Waals surface area contributed by atoms with Gasteiger partial charge >= 0.3 is 5.97 Å². The van der Waals surface area contributed by atoms with Crippen molar-refractivity contribution in [1.82, 2.24) is 9.97 Å². The second-order valence-electron chi connectivity index (χ2n) is 7.46. The Morgan fingerprint density at radius 1 is 0.970 bits per heavy atom. The maximum absolute atomic E-state index is 13.2. The van der Waals surface area contributed by atoms with Gasteiger partial charge in [-0.05, 0) is 60.4 Å². The fourth-order valence-electron chi connectivity index (χ4n) is 3.45. The van der Waals surface area contributed by atoms with E-state index in [4.69, 9.17) is 10.8 Å². The normalized spacial score (nSPS) is 11.8. The smallest absolute Gasteiger partial charge is 0.335 e. The first-order valence-electron chi connectivity index (χ1n) is 10.2. The fraction of sp³-hybridized carbons (Fsp3) is 0.0800. The van der Waals surface area contributed by atoms with Crippen molar-refractivity contribution in [1.29, 1.82) is 0 Å². The summed E-state index contributed by atoms with van der Waals surface area (Å²) in [7, 11) is 0. The number of hydrogen-bond acceptors (Lipinski definition) is 4. The standard InChI is InChI=1S/C25H21FN4O3/c26-18-12-5-15(6-13-18)7-14-19(22(27)16-8-10-17(11-9-16)24(32)33)23(31)30-25-28-20-3-1-2-4-21(20)29-25/h1-6,8-13H,7,14,27H2,(H,32,33)(H2,28,29,30,31)/b22-19-. The number of anilines is 1. The minimum atomic E-state index is -1.05. The van der Waals surface area contributed by atoms with E-state index in [2.05, 4.69) is 15.3 Å². The number of amides is 1. The van der Waals surface area contributed by atoms with Gasteiger partial charge in [-0.2, -0.15) is 0 Å². The van der Waals surface area contributed by atoms with Crippen LogP contribution in [0.4, 0.5) is 10.3 Å². The highest BCUT2D eigenvalue weighted by atomic mass is 19.1. The molecule has 7 nitrogen and oxygen atoms in total. The molecule has 0 atom stereocenters. The number of hydrogen-bond donors (Lipinski definition) is 4. The number of imidazole rings is 1. The molecule has 0 radical (unpaired) electrons. The number of aromatic amines is 1. The van der Waals surface area contributed by atoms with Crippen molar-refractivity contribution in [3.05, 3.63) is 101 Å². The molecule has 0 spiro atoms. The van der Waals surface area contributed by atoms with E-state index in [9.17, 15) is 14.0 Å². The number of aromatic carboxylic acids is 1. The number of nitrogens with zero attached hydrogens (tertiary/aromatic N) is 1. The zero-order valence-corrected chi connectivity index (χ0v) is 17.5. The fourth-order valence-corrected chi connectivity index (χ4v) is 3.45. The molecular weight excluding hydrogens is 423 g/mol. The van der Waals surface area contributed by atoms with Crippen molar-refractivity contribution >= 4 is 34.6 Å². The number of fused-ring (bicyclic) bond motifs is 1. The molecule has 33 heavy (non-hydrogen) atoms. The summed E-state index contributed by atoms with van der Waals surface area (Å²) in [5, 5.41) is 11.9. The monoisotopic (exact) mass is 444 g/mol. The summed E-state index contributed by atoms with van der Waals surface area (Å²) in [5.74, 6) is -1.54. The number of rotatable bonds is 7. The van der Waals surface area contributed by atoms with Crippen LogP contribution in [0.25, 0.3) is 16.7 Å². The largest absolute Gasteiger partial charge is 0.478 e. The number of aromatic nitrogens is 2. The van der Waals surface area contributed by atoms with Crippen molar-refractivity contribution in [2.45, 2.75) is 12.8 Å². The molecule has 5 N–H and O–H groups in total. The lowest BCUT2D eigenvalue weighted by molar-refractivity contribution is -0.113. The van der Waals surface area contributed by atoms with Gasteiger partial charge < -0.3 is 15.8 Å². The second kappa shape index (κ2) is 9.35. The Morgan fingerprint density at radius 3 is 2.30 bits per heavy atom. The third-order valence-electron chi connectivity index (χ3n) is 5.24. The molecule has 0 aliphatic carbocycles. The average Bonchev–Trinajstić information content (AvgIpc) is 3.22. The quantitative estimate of drug-likeness (QED) is 0.316. The number of carboxylic acids is 1. The van der Waals surface area contributed by atoms with E-state index in [0.717, 1.165) is 11.1 Å². The number of halogens is 1. The number of benzene rings is 3. The molecule has 0 aliphatic heterocycles. The Morgan fingerprint density at radius 2 is 1.64 bits per heavy atom. The van der Waals surface area contributed by atoms with E-state index in [1.807, 2.05) is 24.3 Å². The van der Waals surface area contributed by atoms with E-state index in [1.165, 1.54) is 24.3 Å². The van der Waals surface area contributed by atoms with Crippen molar-refractivity contribution in [2.75, 3.05) is 5.32 Å². The summed E-state index contributed by atoms with van der Waals surface area (Å²) in [5.41, 5.74) is 9.87. The molecule has 0 fully saturated rings. The van der Waals surface area contributed by atoms with Gasteiger partial charge in [-0.1, -0.05) is 36.4 Å². The zero-order valence-electron chi connectivity index (χ0n) is 17.5. The Hall–Kier alpha value is -4.46. The van der Waals surface area contributed by atoms with Gasteiger partial charge in [0.25, 0.3) is 5.91 Å². The van der Waals surface area contributed by atoms with Gasteiger partial charge in [0.2, 0.25) is 5.95 Å². The summed E-state index contributed by atoms with van der Waals surface area (Å²) in [6, 6.07) is 19.4. The maximum atomic E-state index is 13.2. The van der Waals surface area contributed by atoms with Crippen LogP contribution < -0.4 is 11.1 Å². The molecule has 8 heteroatoms. The van der Waals surface area contributed by atoms with Crippen LogP contribution in [0.5, 0.6) is 0 Å². The third kappa shape index (κ3) is 5.07. The highest BCUT2D eigenvalue weighted by Gasteiger charge is 2.18. The summed E-state index contributed by atoms with van der Waals surface area (Å²) < 4.78 is 13.2. The Balaban J connectivity index is 1.64. The van der Waals surface area contributed by atoms with Crippen LogP contribution in [-0.4, -0.2) is 27.0 Å². The van der Waals surface area contributed by atoms with E-state index in [0.29, 0.717) is 23.1 Å². The minimum Gasteiger partial charge on any atom is -0.478 e. The third-order valence-corrected chi connectivity index (χ3v) is 5.24. The molecule has 4 aromatic rings. The van der Waals surface area contributed by atoms with Gasteiger partial charge in [0, 0.05) is 11.3 Å². The van der Waals surface area contributed by atoms with Crippen LogP contribution >= 0.6 is 0 Å². The van der Waals surface area contributed by atoms with Crippen LogP contribution in [0.15, 0.2) is 78.4 Å². The lowest BCUT2D eigenvalue weighted by Gasteiger charge is -2.13. The molecule has 0 saturated carbocycles. The Kier molecular flexibility index (Phi) is 6.17. The van der Waals surface area contributed by atoms with Crippen LogP contribution in [0, 0.1) is 5.82 Å². The van der Waals surface area contributed by atoms with Crippen LogP contribution in [0.2, 0.25) is 0 Å². The van der Waals surface area contributed by atoms with Crippen molar-refractivity contribution in [3.8, 4) is 0 Å². The summed E-state index contributed by atoms with van der Waals surface area (Å²) in [4.78, 5) is 31.7. The molecular formula is C25H21FN4O3. The number of aryl methyl sites for hydroxylation is 1. The van der Waals surface area contributed by atoms with Gasteiger partial charge in [-0.25, -0.2) is 14.2 Å². The predicted octanol–water partition coefficient (Wildman–Crippen LogP) is 4.34. The summed E-state index contributed by atoms with van der Waals surface area (Å²) in [6.07, 6.45) is 0.737. The number of nitrogens with two attached hydrogens (primary N) is 1. The van der Waals surface area contributed by atoms with E-state index >= 15 is 0 Å².